The second-order valence-electron chi connectivity index (χ2n) is 5.62. The second-order valence-corrected chi connectivity index (χ2v) is 6.53. The lowest BCUT2D eigenvalue weighted by Gasteiger charge is -2.34. The number of ether oxygens (including phenoxy) is 1. The van der Waals surface area contributed by atoms with Gasteiger partial charge in [0.15, 0.2) is 0 Å². The van der Waals surface area contributed by atoms with E-state index in [1.807, 2.05) is 19.1 Å². The molecule has 1 fully saturated rings. The Hall–Kier alpha value is -0.460. The molecule has 2 N–H and O–H groups in total. The van der Waals surface area contributed by atoms with Gasteiger partial charge in [-0.25, -0.2) is 0 Å². The van der Waals surface area contributed by atoms with Crippen LogP contribution in [0.15, 0.2) is 28.7 Å². The number of aliphatic hydroxyl groups is 1. The lowest BCUT2D eigenvalue weighted by atomic mass is 10.1. The minimum atomic E-state index is -0.719. The molecule has 4 nitrogen and oxygen atoms in total. The van der Waals surface area contributed by atoms with Crippen molar-refractivity contribution in [1.82, 2.24) is 10.2 Å². The minimum absolute atomic E-state index is 0.580. The van der Waals surface area contributed by atoms with E-state index < -0.39 is 5.60 Å². The number of β-amino-alcohol motifs (C(OH)–C–C–N with tert-alkyl or cyclic N) is 1. The van der Waals surface area contributed by atoms with Crippen LogP contribution in [-0.2, 0) is 11.3 Å². The number of halogens is 1. The van der Waals surface area contributed by atoms with E-state index in [0.717, 1.165) is 37.3 Å². The number of benzene rings is 1. The molecule has 1 unspecified atom stereocenters. The van der Waals surface area contributed by atoms with Crippen molar-refractivity contribution in [2.75, 3.05) is 39.4 Å². The molecule has 0 aromatic heterocycles. The maximum atomic E-state index is 10.4. The molecule has 1 heterocycles. The highest BCUT2D eigenvalue weighted by Crippen LogP contribution is 2.12. The first-order chi connectivity index (χ1) is 9.55. The molecule has 1 saturated heterocycles. The first-order valence-corrected chi connectivity index (χ1v) is 7.82. The highest BCUT2D eigenvalue weighted by atomic mass is 79.9. The smallest absolute Gasteiger partial charge is 0.0869 e. The molecule has 0 amide bonds. The lowest BCUT2D eigenvalue weighted by molar-refractivity contribution is -0.0219. The summed E-state index contributed by atoms with van der Waals surface area (Å²) in [5, 5.41) is 13.8. The zero-order valence-corrected chi connectivity index (χ0v) is 13.5. The second kappa shape index (κ2) is 7.52. The van der Waals surface area contributed by atoms with E-state index in [-0.39, 0.29) is 0 Å². The van der Waals surface area contributed by atoms with Gasteiger partial charge in [0.05, 0.1) is 18.8 Å². The van der Waals surface area contributed by atoms with Gasteiger partial charge in [0.2, 0.25) is 0 Å². The summed E-state index contributed by atoms with van der Waals surface area (Å²) in [6.45, 7) is 7.25. The number of nitrogens with zero attached hydrogens (tertiary/aromatic N) is 1. The lowest BCUT2D eigenvalue weighted by Crippen LogP contribution is -2.50. The summed E-state index contributed by atoms with van der Waals surface area (Å²) in [6, 6.07) is 8.20. The van der Waals surface area contributed by atoms with E-state index in [2.05, 4.69) is 38.3 Å². The molecule has 1 atom stereocenters. The van der Waals surface area contributed by atoms with Crippen molar-refractivity contribution in [3.8, 4) is 0 Å². The van der Waals surface area contributed by atoms with Crippen molar-refractivity contribution in [3.63, 3.8) is 0 Å². The average molecular weight is 343 g/mol. The van der Waals surface area contributed by atoms with Gasteiger partial charge in [0.1, 0.15) is 0 Å². The van der Waals surface area contributed by atoms with Crippen LogP contribution >= 0.6 is 15.9 Å². The van der Waals surface area contributed by atoms with Crippen molar-refractivity contribution in [2.24, 2.45) is 0 Å². The average Bonchev–Trinajstić information content (AvgIpc) is 2.39. The van der Waals surface area contributed by atoms with Crippen LogP contribution in [0.25, 0.3) is 0 Å². The minimum Gasteiger partial charge on any atom is -0.388 e. The molecule has 1 aromatic rings. The standard InChI is InChI=1S/C15H23BrN2O2/c1-15(19,12-18-5-7-20-8-6-18)11-17-10-13-3-2-4-14(16)9-13/h2-4,9,17,19H,5-8,10-12H2,1H3. The van der Waals surface area contributed by atoms with E-state index in [0.29, 0.717) is 13.1 Å². The Labute approximate surface area is 129 Å². The summed E-state index contributed by atoms with van der Waals surface area (Å²) in [5.74, 6) is 0. The molecule has 20 heavy (non-hydrogen) atoms. The van der Waals surface area contributed by atoms with Crippen molar-refractivity contribution < 1.29 is 9.84 Å². The van der Waals surface area contributed by atoms with E-state index in [4.69, 9.17) is 4.74 Å². The normalized spacial score (nSPS) is 19.8. The summed E-state index contributed by atoms with van der Waals surface area (Å²) >= 11 is 3.46. The molecule has 1 aliphatic rings. The van der Waals surface area contributed by atoms with Gasteiger partial charge in [-0.05, 0) is 24.6 Å². The Bertz CT molecular complexity index is 420. The summed E-state index contributed by atoms with van der Waals surface area (Å²) in [4.78, 5) is 2.25. The molecule has 1 aliphatic heterocycles. The van der Waals surface area contributed by atoms with E-state index in [1.165, 1.54) is 5.56 Å². The van der Waals surface area contributed by atoms with Gasteiger partial charge in [-0.3, -0.25) is 4.90 Å². The van der Waals surface area contributed by atoms with Crippen molar-refractivity contribution in [2.45, 2.75) is 19.1 Å². The largest absolute Gasteiger partial charge is 0.388 e. The number of morpholine rings is 1. The maximum Gasteiger partial charge on any atom is 0.0869 e. The summed E-state index contributed by atoms with van der Waals surface area (Å²) in [7, 11) is 0. The van der Waals surface area contributed by atoms with Crippen LogP contribution in [-0.4, -0.2) is 55.0 Å². The molecular weight excluding hydrogens is 320 g/mol. The molecule has 112 valence electrons. The monoisotopic (exact) mass is 342 g/mol. The number of rotatable bonds is 6. The first kappa shape index (κ1) is 15.9. The third kappa shape index (κ3) is 5.50. The predicted octanol–water partition coefficient (Wildman–Crippen LogP) is 1.62. The molecule has 0 saturated carbocycles. The van der Waals surface area contributed by atoms with Crippen molar-refractivity contribution in [1.29, 1.82) is 0 Å². The summed E-state index contributed by atoms with van der Waals surface area (Å²) < 4.78 is 6.40. The zero-order valence-electron chi connectivity index (χ0n) is 11.9. The van der Waals surface area contributed by atoms with Gasteiger partial charge < -0.3 is 15.2 Å². The molecule has 1 aromatic carbocycles. The SMILES string of the molecule is CC(O)(CNCc1cccc(Br)c1)CN1CCOCC1. The van der Waals surface area contributed by atoms with Gasteiger partial charge in [-0.2, -0.15) is 0 Å². The van der Waals surface area contributed by atoms with E-state index in [9.17, 15) is 5.11 Å². The fourth-order valence-electron chi connectivity index (χ4n) is 2.42. The van der Waals surface area contributed by atoms with Crippen molar-refractivity contribution in [3.05, 3.63) is 34.3 Å². The maximum absolute atomic E-state index is 10.4. The Morgan fingerprint density at radius 2 is 2.15 bits per heavy atom. The Morgan fingerprint density at radius 1 is 1.40 bits per heavy atom. The molecular formula is C15H23BrN2O2. The molecule has 0 spiro atoms. The molecule has 0 radical (unpaired) electrons. The number of nitrogens with one attached hydrogen (secondary N) is 1. The van der Waals surface area contributed by atoms with E-state index in [1.54, 1.807) is 0 Å². The summed E-state index contributed by atoms with van der Waals surface area (Å²) in [6.07, 6.45) is 0. The van der Waals surface area contributed by atoms with Crippen LogP contribution in [0.1, 0.15) is 12.5 Å². The van der Waals surface area contributed by atoms with Crippen LogP contribution in [0.3, 0.4) is 0 Å². The molecule has 5 heteroatoms. The third-order valence-corrected chi connectivity index (χ3v) is 3.89. The zero-order chi connectivity index (χ0) is 14.4. The molecule has 0 bridgehead atoms. The molecule has 2 rings (SSSR count). The van der Waals surface area contributed by atoms with Gasteiger partial charge in [-0.1, -0.05) is 28.1 Å². The van der Waals surface area contributed by atoms with Crippen LogP contribution < -0.4 is 5.32 Å². The van der Waals surface area contributed by atoms with Crippen LogP contribution in [0.5, 0.6) is 0 Å². The van der Waals surface area contributed by atoms with Gasteiger partial charge in [-0.15, -0.1) is 0 Å². The van der Waals surface area contributed by atoms with Crippen LogP contribution in [0, 0.1) is 0 Å². The van der Waals surface area contributed by atoms with Crippen molar-refractivity contribution >= 4 is 15.9 Å². The number of hydrogen-bond donors (Lipinski definition) is 2. The first-order valence-electron chi connectivity index (χ1n) is 7.03. The fourth-order valence-corrected chi connectivity index (χ4v) is 2.87. The number of hydrogen-bond acceptors (Lipinski definition) is 4. The molecule has 0 aliphatic carbocycles. The van der Waals surface area contributed by atoms with Gasteiger partial charge in [0.25, 0.3) is 0 Å². The van der Waals surface area contributed by atoms with Crippen LogP contribution in [0.4, 0.5) is 0 Å². The van der Waals surface area contributed by atoms with Gasteiger partial charge in [0, 0.05) is 37.2 Å². The van der Waals surface area contributed by atoms with Gasteiger partial charge >= 0.3 is 0 Å². The third-order valence-electron chi connectivity index (χ3n) is 3.39. The summed E-state index contributed by atoms with van der Waals surface area (Å²) in [5.41, 5.74) is 0.491. The highest BCUT2D eigenvalue weighted by Gasteiger charge is 2.24. The predicted molar refractivity (Wildman–Crippen MR) is 83.7 cm³/mol. The Morgan fingerprint density at radius 3 is 2.85 bits per heavy atom. The Kier molecular flexibility index (Phi) is 5.99. The highest BCUT2D eigenvalue weighted by molar-refractivity contribution is 9.10. The van der Waals surface area contributed by atoms with E-state index >= 15 is 0 Å². The Balaban J connectivity index is 1.74. The quantitative estimate of drug-likeness (QED) is 0.824. The fraction of sp³-hybridized carbons (Fsp3) is 0.600. The topological polar surface area (TPSA) is 44.7 Å². The van der Waals surface area contributed by atoms with Crippen LogP contribution in [0.2, 0.25) is 0 Å².